The Balaban J connectivity index is 2.39. The van der Waals surface area contributed by atoms with Gasteiger partial charge in [-0.2, -0.15) is 0 Å². The lowest BCUT2D eigenvalue weighted by Gasteiger charge is -2.09. The molecule has 76 valence electrons. The average Bonchev–Trinajstić information content (AvgIpc) is 2.47. The van der Waals surface area contributed by atoms with Crippen molar-refractivity contribution in [2.75, 3.05) is 0 Å². The van der Waals surface area contributed by atoms with E-state index in [9.17, 15) is 9.90 Å². The molecule has 13 heavy (non-hydrogen) atoms. The van der Waals surface area contributed by atoms with Crippen LogP contribution in [0.2, 0.25) is 0 Å². The van der Waals surface area contributed by atoms with Crippen molar-refractivity contribution in [2.45, 2.75) is 51.7 Å². The van der Waals surface area contributed by atoms with E-state index in [1.54, 1.807) is 0 Å². The fourth-order valence-electron chi connectivity index (χ4n) is 1.66. The first-order valence-electron chi connectivity index (χ1n) is 5.05. The molecule has 1 aliphatic rings. The van der Waals surface area contributed by atoms with Crippen LogP contribution in [0.1, 0.15) is 39.5 Å². The van der Waals surface area contributed by atoms with E-state index in [0.29, 0.717) is 12.8 Å². The predicted octanol–water partition coefficient (Wildman–Crippen LogP) is 1.49. The summed E-state index contributed by atoms with van der Waals surface area (Å²) in [5, 5.41) is 9.39. The monoisotopic (exact) mass is 186 g/mol. The Kier molecular flexibility index (Phi) is 3.72. The molecular weight excluding hydrogens is 168 g/mol. The first-order valence-corrected chi connectivity index (χ1v) is 5.05. The van der Waals surface area contributed by atoms with Gasteiger partial charge in [0.15, 0.2) is 0 Å². The molecule has 1 saturated heterocycles. The largest absolute Gasteiger partial charge is 0.462 e. The van der Waals surface area contributed by atoms with Crippen molar-refractivity contribution in [1.29, 1.82) is 0 Å². The lowest BCUT2D eigenvalue weighted by atomic mass is 9.96. The van der Waals surface area contributed by atoms with E-state index in [-0.39, 0.29) is 24.1 Å². The molecule has 0 aromatic rings. The molecule has 3 atom stereocenters. The van der Waals surface area contributed by atoms with Crippen molar-refractivity contribution in [3.63, 3.8) is 0 Å². The predicted molar refractivity (Wildman–Crippen MR) is 49.2 cm³/mol. The van der Waals surface area contributed by atoms with Crippen LogP contribution in [0.25, 0.3) is 0 Å². The number of aliphatic hydroxyl groups excluding tert-OH is 1. The Bertz CT molecular complexity index is 179. The van der Waals surface area contributed by atoms with Crippen molar-refractivity contribution < 1.29 is 14.6 Å². The highest BCUT2D eigenvalue weighted by molar-refractivity contribution is 5.74. The molecule has 3 unspecified atom stereocenters. The lowest BCUT2D eigenvalue weighted by molar-refractivity contribution is -0.145. The number of hydrogen-bond donors (Lipinski definition) is 1. The first kappa shape index (κ1) is 10.5. The first-order chi connectivity index (χ1) is 6.17. The Hall–Kier alpha value is -0.570. The second-order valence-corrected chi connectivity index (χ2v) is 3.70. The lowest BCUT2D eigenvalue weighted by Crippen LogP contribution is -2.16. The zero-order valence-electron chi connectivity index (χ0n) is 8.32. The summed E-state index contributed by atoms with van der Waals surface area (Å²) in [6, 6.07) is 0. The van der Waals surface area contributed by atoms with E-state index in [1.165, 1.54) is 0 Å². The van der Waals surface area contributed by atoms with Crippen LogP contribution >= 0.6 is 0 Å². The maximum absolute atomic E-state index is 11.3. The Labute approximate surface area is 79.1 Å². The normalized spacial score (nSPS) is 30.2. The Morgan fingerprint density at radius 2 is 2.31 bits per heavy atom. The molecule has 0 bridgehead atoms. The maximum atomic E-state index is 11.3. The van der Waals surface area contributed by atoms with Crippen LogP contribution in [0.15, 0.2) is 0 Å². The molecule has 1 aliphatic heterocycles. The highest BCUT2D eigenvalue weighted by Gasteiger charge is 2.34. The van der Waals surface area contributed by atoms with Gasteiger partial charge in [-0.3, -0.25) is 4.79 Å². The molecule has 0 aromatic heterocycles. The van der Waals surface area contributed by atoms with Gasteiger partial charge in [-0.05, 0) is 25.7 Å². The van der Waals surface area contributed by atoms with Crippen LogP contribution in [-0.2, 0) is 9.53 Å². The Morgan fingerprint density at radius 1 is 1.62 bits per heavy atom. The molecule has 0 amide bonds. The molecular formula is C10H18O3. The van der Waals surface area contributed by atoms with E-state index >= 15 is 0 Å². The topological polar surface area (TPSA) is 46.5 Å². The third-order valence-electron chi connectivity index (χ3n) is 2.65. The van der Waals surface area contributed by atoms with Gasteiger partial charge < -0.3 is 9.84 Å². The second-order valence-electron chi connectivity index (χ2n) is 3.70. The third kappa shape index (κ3) is 2.69. The highest BCUT2D eigenvalue weighted by atomic mass is 16.5. The summed E-state index contributed by atoms with van der Waals surface area (Å²) in [4.78, 5) is 11.3. The van der Waals surface area contributed by atoms with E-state index < -0.39 is 0 Å². The number of aliphatic hydroxyl groups is 1. The molecule has 0 saturated carbocycles. The summed E-state index contributed by atoms with van der Waals surface area (Å²) in [6.45, 7) is 3.93. The zero-order chi connectivity index (χ0) is 9.84. The standard InChI is InChI=1S/C10H18O3/c1-3-8(11)5-7-6-9(4-2)13-10(7)12/h7-9,11H,3-6H2,1-2H3. The van der Waals surface area contributed by atoms with Crippen molar-refractivity contribution in [3.8, 4) is 0 Å². The van der Waals surface area contributed by atoms with Gasteiger partial charge in [0.2, 0.25) is 0 Å². The summed E-state index contributed by atoms with van der Waals surface area (Å²) in [5.41, 5.74) is 0. The van der Waals surface area contributed by atoms with Gasteiger partial charge in [0.25, 0.3) is 0 Å². The summed E-state index contributed by atoms with van der Waals surface area (Å²) in [6.07, 6.45) is 2.67. The smallest absolute Gasteiger partial charge is 0.309 e. The second kappa shape index (κ2) is 4.61. The molecule has 0 spiro atoms. The van der Waals surface area contributed by atoms with Crippen LogP contribution in [-0.4, -0.2) is 23.3 Å². The van der Waals surface area contributed by atoms with Gasteiger partial charge in [0, 0.05) is 0 Å². The third-order valence-corrected chi connectivity index (χ3v) is 2.65. The van der Waals surface area contributed by atoms with E-state index in [4.69, 9.17) is 4.74 Å². The molecule has 1 heterocycles. The summed E-state index contributed by atoms with van der Waals surface area (Å²) in [5.74, 6) is -0.195. The molecule has 3 nitrogen and oxygen atoms in total. The number of esters is 1. The van der Waals surface area contributed by atoms with E-state index in [2.05, 4.69) is 0 Å². The fourth-order valence-corrected chi connectivity index (χ4v) is 1.66. The molecule has 3 heteroatoms. The number of ether oxygens (including phenoxy) is 1. The zero-order valence-corrected chi connectivity index (χ0v) is 8.32. The van der Waals surface area contributed by atoms with E-state index in [0.717, 1.165) is 12.8 Å². The molecule has 1 rings (SSSR count). The highest BCUT2D eigenvalue weighted by Crippen LogP contribution is 2.27. The number of carbonyl (C=O) groups is 1. The summed E-state index contributed by atoms with van der Waals surface area (Å²) in [7, 11) is 0. The molecule has 1 fully saturated rings. The summed E-state index contributed by atoms with van der Waals surface area (Å²) < 4.78 is 5.12. The van der Waals surface area contributed by atoms with Gasteiger partial charge in [-0.1, -0.05) is 13.8 Å². The SMILES string of the molecule is CCC(O)CC1CC(CC)OC1=O. The van der Waals surface area contributed by atoms with Gasteiger partial charge in [0.05, 0.1) is 12.0 Å². The van der Waals surface area contributed by atoms with Crippen molar-refractivity contribution in [1.82, 2.24) is 0 Å². The van der Waals surface area contributed by atoms with Crippen LogP contribution in [0.4, 0.5) is 0 Å². The minimum atomic E-state index is -0.354. The minimum absolute atomic E-state index is 0.0695. The minimum Gasteiger partial charge on any atom is -0.462 e. The van der Waals surface area contributed by atoms with Crippen molar-refractivity contribution in [3.05, 3.63) is 0 Å². The van der Waals surface area contributed by atoms with E-state index in [1.807, 2.05) is 13.8 Å². The van der Waals surface area contributed by atoms with Crippen LogP contribution in [0, 0.1) is 5.92 Å². The molecule has 0 radical (unpaired) electrons. The van der Waals surface area contributed by atoms with Crippen molar-refractivity contribution in [2.24, 2.45) is 5.92 Å². The molecule has 0 aromatic carbocycles. The van der Waals surface area contributed by atoms with Crippen molar-refractivity contribution >= 4 is 5.97 Å². The van der Waals surface area contributed by atoms with Gasteiger partial charge in [-0.25, -0.2) is 0 Å². The van der Waals surface area contributed by atoms with Crippen LogP contribution in [0.5, 0.6) is 0 Å². The van der Waals surface area contributed by atoms with Crippen LogP contribution < -0.4 is 0 Å². The molecule has 0 aliphatic carbocycles. The average molecular weight is 186 g/mol. The Morgan fingerprint density at radius 3 is 2.77 bits per heavy atom. The van der Waals surface area contributed by atoms with Gasteiger partial charge in [0.1, 0.15) is 6.10 Å². The summed E-state index contributed by atoms with van der Waals surface area (Å²) >= 11 is 0. The van der Waals surface area contributed by atoms with Gasteiger partial charge >= 0.3 is 5.97 Å². The number of carbonyl (C=O) groups excluding carboxylic acids is 1. The number of hydrogen-bond acceptors (Lipinski definition) is 3. The number of cyclic esters (lactones) is 1. The fraction of sp³-hybridized carbons (Fsp3) is 0.900. The van der Waals surface area contributed by atoms with Crippen LogP contribution in [0.3, 0.4) is 0 Å². The van der Waals surface area contributed by atoms with Gasteiger partial charge in [-0.15, -0.1) is 0 Å². The number of rotatable bonds is 4. The molecule has 1 N–H and O–H groups in total. The maximum Gasteiger partial charge on any atom is 0.309 e. The quantitative estimate of drug-likeness (QED) is 0.676.